The maximum atomic E-state index is 10.4. The molecule has 0 spiro atoms. The molecule has 0 radical (unpaired) electrons. The lowest BCUT2D eigenvalue weighted by Gasteiger charge is -2.21. The number of ether oxygens (including phenoxy) is 3. The summed E-state index contributed by atoms with van der Waals surface area (Å²) in [6.45, 7) is 5.67. The molecule has 0 aliphatic rings. The van der Waals surface area contributed by atoms with Crippen LogP contribution in [-0.2, 0) is 23.8 Å². The third kappa shape index (κ3) is 21.7. The first-order valence-corrected chi connectivity index (χ1v) is 12.4. The highest BCUT2D eigenvalue weighted by molar-refractivity contribution is 5.49. The van der Waals surface area contributed by atoms with Crippen LogP contribution in [0.4, 0.5) is 0 Å². The van der Waals surface area contributed by atoms with Gasteiger partial charge >= 0.3 is 0 Å². The summed E-state index contributed by atoms with van der Waals surface area (Å²) < 4.78 is 18.1. The number of hydrogen-bond donors (Lipinski definition) is 0. The van der Waals surface area contributed by atoms with Crippen molar-refractivity contribution in [3.05, 3.63) is 24.3 Å². The number of carbonyl (C=O) groups excluding carboxylic acids is 2. The summed E-state index contributed by atoms with van der Waals surface area (Å²) in [6, 6.07) is 0. The van der Waals surface area contributed by atoms with Crippen molar-refractivity contribution in [1.82, 2.24) is 0 Å². The van der Waals surface area contributed by atoms with Crippen LogP contribution in [0.2, 0.25) is 0 Å². The fourth-order valence-electron chi connectivity index (χ4n) is 2.91. The van der Waals surface area contributed by atoms with Gasteiger partial charge in [0.05, 0.1) is 13.2 Å². The van der Waals surface area contributed by atoms with Gasteiger partial charge in [0.2, 0.25) is 0 Å². The smallest absolute Gasteiger partial charge is 0.180 e. The van der Waals surface area contributed by atoms with Gasteiger partial charge in [-0.25, -0.2) is 0 Å². The second kappa shape index (κ2) is 25.0. The summed E-state index contributed by atoms with van der Waals surface area (Å²) in [5.41, 5.74) is 0. The minimum Gasteiger partial charge on any atom is -0.349 e. The molecule has 0 fully saturated rings. The van der Waals surface area contributed by atoms with Gasteiger partial charge in [-0.05, 0) is 63.5 Å². The van der Waals surface area contributed by atoms with E-state index in [4.69, 9.17) is 14.2 Å². The van der Waals surface area contributed by atoms with Crippen LogP contribution in [0, 0.1) is 0 Å². The van der Waals surface area contributed by atoms with Crippen LogP contribution in [0.1, 0.15) is 104 Å². The summed E-state index contributed by atoms with van der Waals surface area (Å²) in [4.78, 5) is 20.9. The molecule has 2 atom stereocenters. The molecule has 31 heavy (non-hydrogen) atoms. The fourth-order valence-corrected chi connectivity index (χ4v) is 2.91. The van der Waals surface area contributed by atoms with Gasteiger partial charge < -0.3 is 23.8 Å². The average Bonchev–Trinajstić information content (AvgIpc) is 2.78. The Bertz CT molecular complexity index is 407. The van der Waals surface area contributed by atoms with E-state index >= 15 is 0 Å². The average molecular weight is 439 g/mol. The lowest BCUT2D eigenvalue weighted by molar-refractivity contribution is -0.208. The molecular formula is C26H46O5. The van der Waals surface area contributed by atoms with Crippen LogP contribution >= 0.6 is 0 Å². The van der Waals surface area contributed by atoms with E-state index in [9.17, 15) is 9.59 Å². The predicted molar refractivity (Wildman–Crippen MR) is 127 cm³/mol. The highest BCUT2D eigenvalue weighted by Crippen LogP contribution is 2.11. The van der Waals surface area contributed by atoms with Crippen molar-refractivity contribution in [3.8, 4) is 0 Å². The molecule has 0 amide bonds. The zero-order valence-electron chi connectivity index (χ0n) is 20.0. The number of carbonyl (C=O) groups is 2. The van der Waals surface area contributed by atoms with Gasteiger partial charge in [-0.2, -0.15) is 0 Å². The molecule has 0 aliphatic heterocycles. The van der Waals surface area contributed by atoms with E-state index in [-0.39, 0.29) is 0 Å². The zero-order valence-corrected chi connectivity index (χ0v) is 20.0. The second-order valence-electron chi connectivity index (χ2n) is 7.79. The van der Waals surface area contributed by atoms with Crippen molar-refractivity contribution in [2.45, 2.75) is 116 Å². The van der Waals surface area contributed by atoms with E-state index in [1.165, 1.54) is 0 Å². The van der Waals surface area contributed by atoms with Gasteiger partial charge in [-0.1, -0.05) is 51.7 Å². The van der Waals surface area contributed by atoms with Crippen molar-refractivity contribution in [3.63, 3.8) is 0 Å². The Kier molecular flexibility index (Phi) is 23.9. The SMILES string of the molecule is CCCCCOC(C=CCCCCC=O)OC(C=CCCCCC=O)OCCCCC. The van der Waals surface area contributed by atoms with Crippen molar-refractivity contribution >= 4 is 12.6 Å². The van der Waals surface area contributed by atoms with E-state index in [2.05, 4.69) is 26.0 Å². The van der Waals surface area contributed by atoms with E-state index in [0.29, 0.717) is 26.1 Å². The monoisotopic (exact) mass is 438 g/mol. The summed E-state index contributed by atoms with van der Waals surface area (Å²) in [5.74, 6) is 0. The van der Waals surface area contributed by atoms with Crippen molar-refractivity contribution in [2.75, 3.05) is 13.2 Å². The lowest BCUT2D eigenvalue weighted by Crippen LogP contribution is -2.25. The molecule has 0 aliphatic carbocycles. The number of unbranched alkanes of at least 4 members (excludes halogenated alkanes) is 10. The molecule has 5 nitrogen and oxygen atoms in total. The summed E-state index contributed by atoms with van der Waals surface area (Å²) in [5, 5.41) is 0. The van der Waals surface area contributed by atoms with Crippen molar-refractivity contribution in [1.29, 1.82) is 0 Å². The number of allylic oxidation sites excluding steroid dienone is 2. The van der Waals surface area contributed by atoms with Gasteiger partial charge in [0.25, 0.3) is 0 Å². The molecule has 0 saturated heterocycles. The molecule has 180 valence electrons. The summed E-state index contributed by atoms with van der Waals surface area (Å²) >= 11 is 0. The second-order valence-corrected chi connectivity index (χ2v) is 7.79. The Hall–Kier alpha value is -1.30. The molecule has 5 heteroatoms. The van der Waals surface area contributed by atoms with Gasteiger partial charge in [-0.3, -0.25) is 0 Å². The molecule has 2 unspecified atom stereocenters. The van der Waals surface area contributed by atoms with E-state index < -0.39 is 12.6 Å². The van der Waals surface area contributed by atoms with Gasteiger partial charge in [0.1, 0.15) is 12.6 Å². The Morgan fingerprint density at radius 3 is 1.39 bits per heavy atom. The highest BCUT2D eigenvalue weighted by Gasteiger charge is 2.13. The molecule has 0 aromatic heterocycles. The Balaban J connectivity index is 4.74. The maximum absolute atomic E-state index is 10.4. The van der Waals surface area contributed by atoms with Crippen LogP contribution < -0.4 is 0 Å². The van der Waals surface area contributed by atoms with Crippen LogP contribution in [-0.4, -0.2) is 38.4 Å². The normalized spacial score (nSPS) is 13.7. The van der Waals surface area contributed by atoms with Crippen LogP contribution in [0.25, 0.3) is 0 Å². The highest BCUT2D eigenvalue weighted by atomic mass is 16.8. The lowest BCUT2D eigenvalue weighted by atomic mass is 10.2. The first-order valence-electron chi connectivity index (χ1n) is 12.4. The van der Waals surface area contributed by atoms with E-state index in [1.54, 1.807) is 0 Å². The molecule has 0 aromatic carbocycles. The number of rotatable bonds is 24. The third-order valence-electron chi connectivity index (χ3n) is 4.80. The fraction of sp³-hybridized carbons (Fsp3) is 0.769. The number of hydrogen-bond acceptors (Lipinski definition) is 5. The standard InChI is InChI=1S/C26H46O5/c1-3-5-17-23-29-25(19-13-9-7-11-15-21-27)31-26(30-24-18-6-4-2)20-14-10-8-12-16-22-28/h13-14,19-22,25-26H,3-12,15-18,23-24H2,1-2H3. The number of aldehydes is 2. The summed E-state index contributed by atoms with van der Waals surface area (Å²) in [6.07, 6.45) is 22.6. The predicted octanol–water partition coefficient (Wildman–Crippen LogP) is 6.70. The minimum atomic E-state index is -0.446. The quantitative estimate of drug-likeness (QED) is 0.0726. The Morgan fingerprint density at radius 1 is 0.581 bits per heavy atom. The molecule has 0 N–H and O–H groups in total. The van der Waals surface area contributed by atoms with Crippen molar-refractivity contribution < 1.29 is 23.8 Å². The molecule has 0 rings (SSSR count). The molecule has 0 bridgehead atoms. The first-order chi connectivity index (χ1) is 15.3. The van der Waals surface area contributed by atoms with Gasteiger partial charge in [0, 0.05) is 12.8 Å². The minimum absolute atomic E-state index is 0.446. The van der Waals surface area contributed by atoms with Crippen LogP contribution in [0.3, 0.4) is 0 Å². The Morgan fingerprint density at radius 2 is 1.00 bits per heavy atom. The largest absolute Gasteiger partial charge is 0.349 e. The summed E-state index contributed by atoms with van der Waals surface area (Å²) in [7, 11) is 0. The van der Waals surface area contributed by atoms with Crippen LogP contribution in [0.5, 0.6) is 0 Å². The zero-order chi connectivity index (χ0) is 22.8. The van der Waals surface area contributed by atoms with E-state index in [0.717, 1.165) is 89.6 Å². The van der Waals surface area contributed by atoms with Crippen molar-refractivity contribution in [2.24, 2.45) is 0 Å². The Labute approximate surface area is 190 Å². The molecule has 0 heterocycles. The van der Waals surface area contributed by atoms with Gasteiger partial charge in [-0.15, -0.1) is 0 Å². The third-order valence-corrected chi connectivity index (χ3v) is 4.80. The first kappa shape index (κ1) is 29.7. The van der Waals surface area contributed by atoms with Gasteiger partial charge in [0.15, 0.2) is 12.6 Å². The topological polar surface area (TPSA) is 61.8 Å². The van der Waals surface area contributed by atoms with Crippen LogP contribution in [0.15, 0.2) is 24.3 Å². The molecular weight excluding hydrogens is 392 g/mol. The van der Waals surface area contributed by atoms with E-state index in [1.807, 2.05) is 12.2 Å². The molecule has 0 aromatic rings. The molecule has 0 saturated carbocycles. The maximum Gasteiger partial charge on any atom is 0.180 e.